The van der Waals surface area contributed by atoms with Crippen LogP contribution in [0.5, 0.6) is 0 Å². The minimum atomic E-state index is -0.981. The summed E-state index contributed by atoms with van der Waals surface area (Å²) in [6.07, 6.45) is 7.46. The van der Waals surface area contributed by atoms with Crippen molar-refractivity contribution in [2.24, 2.45) is 5.92 Å². The maximum Gasteiger partial charge on any atom is 0.330 e. The molecule has 0 saturated heterocycles. The summed E-state index contributed by atoms with van der Waals surface area (Å²) < 4.78 is 4.84. The van der Waals surface area contributed by atoms with Gasteiger partial charge >= 0.3 is 17.9 Å². The third-order valence-corrected chi connectivity index (χ3v) is 3.43. The first kappa shape index (κ1) is 37.8. The second kappa shape index (κ2) is 31.7. The van der Waals surface area contributed by atoms with Gasteiger partial charge in [-0.2, -0.15) is 0 Å². The summed E-state index contributed by atoms with van der Waals surface area (Å²) in [7, 11) is 0. The highest BCUT2D eigenvalue weighted by molar-refractivity contribution is 5.81. The number of hydrogen-bond donors (Lipinski definition) is 5. The second-order valence-electron chi connectivity index (χ2n) is 6.71. The number of carboxylic acid groups (broad SMARTS) is 2. The summed E-state index contributed by atoms with van der Waals surface area (Å²) in [5, 5.41) is 40.7. The molecule has 0 aliphatic carbocycles. The van der Waals surface area contributed by atoms with Gasteiger partial charge in [-0.05, 0) is 12.3 Å². The first-order valence-corrected chi connectivity index (χ1v) is 10.6. The molecule has 0 rings (SSSR count). The molecule has 0 radical (unpaired) electrons. The number of esters is 1. The van der Waals surface area contributed by atoms with E-state index in [1.54, 1.807) is 4.90 Å². The molecular formula is C23H43NO9. The van der Waals surface area contributed by atoms with Gasteiger partial charge in [-0.25, -0.2) is 14.4 Å². The number of aliphatic hydroxyl groups excluding tert-OH is 3. The summed E-state index contributed by atoms with van der Waals surface area (Å²) in [5.74, 6) is -1.51. The average Bonchev–Trinajstić information content (AvgIpc) is 2.77. The number of carbonyl (C=O) groups excluding carboxylic acids is 1. The fourth-order valence-electron chi connectivity index (χ4n) is 1.82. The van der Waals surface area contributed by atoms with Crippen LogP contribution in [0, 0.1) is 5.92 Å². The van der Waals surface area contributed by atoms with Gasteiger partial charge in [0.25, 0.3) is 0 Å². The lowest BCUT2D eigenvalue weighted by Crippen LogP contribution is -2.32. The van der Waals surface area contributed by atoms with Crippen molar-refractivity contribution < 1.29 is 44.7 Å². The molecule has 0 spiro atoms. The fourth-order valence-corrected chi connectivity index (χ4v) is 1.82. The van der Waals surface area contributed by atoms with Crippen molar-refractivity contribution in [2.75, 3.05) is 46.1 Å². The van der Waals surface area contributed by atoms with Gasteiger partial charge in [0.15, 0.2) is 0 Å². The molecule has 0 atom stereocenters. The molecule has 0 unspecified atom stereocenters. The van der Waals surface area contributed by atoms with Gasteiger partial charge in [-0.3, -0.25) is 4.90 Å². The summed E-state index contributed by atoms with van der Waals surface area (Å²) in [6, 6.07) is 0. The Morgan fingerprint density at radius 2 is 1.18 bits per heavy atom. The van der Waals surface area contributed by atoms with Crippen LogP contribution in [0.4, 0.5) is 0 Å². The lowest BCUT2D eigenvalue weighted by atomic mass is 10.1. The predicted molar refractivity (Wildman–Crippen MR) is 128 cm³/mol. The smallest absolute Gasteiger partial charge is 0.330 e. The van der Waals surface area contributed by atoms with Crippen LogP contribution in [0.2, 0.25) is 0 Å². The van der Waals surface area contributed by atoms with Crippen molar-refractivity contribution in [2.45, 2.75) is 39.5 Å². The van der Waals surface area contributed by atoms with E-state index in [-0.39, 0.29) is 25.8 Å². The van der Waals surface area contributed by atoms with E-state index in [1.807, 2.05) is 0 Å². The number of nitrogens with zero attached hydrogens (tertiary/aromatic N) is 1. The summed E-state index contributed by atoms with van der Waals surface area (Å²) in [5.41, 5.74) is 0. The van der Waals surface area contributed by atoms with Crippen LogP contribution in [0.3, 0.4) is 0 Å². The normalized spacial score (nSPS) is 9.18. The summed E-state index contributed by atoms with van der Waals surface area (Å²) in [4.78, 5) is 30.9. The number of aliphatic hydroxyl groups is 3. The van der Waals surface area contributed by atoms with Gasteiger partial charge in [-0.1, -0.05) is 52.8 Å². The van der Waals surface area contributed by atoms with Crippen molar-refractivity contribution in [3.05, 3.63) is 38.0 Å². The van der Waals surface area contributed by atoms with Gasteiger partial charge in [0.1, 0.15) is 0 Å². The van der Waals surface area contributed by atoms with Crippen molar-refractivity contribution in [1.29, 1.82) is 0 Å². The Hall–Kier alpha value is -2.53. The van der Waals surface area contributed by atoms with E-state index in [0.717, 1.165) is 30.9 Å². The lowest BCUT2D eigenvalue weighted by Gasteiger charge is -2.17. The van der Waals surface area contributed by atoms with Gasteiger partial charge < -0.3 is 30.3 Å². The highest BCUT2D eigenvalue weighted by atomic mass is 16.5. The maximum atomic E-state index is 10.6. The third kappa shape index (κ3) is 48.2. The molecule has 33 heavy (non-hydrogen) atoms. The molecule has 0 aromatic rings. The van der Waals surface area contributed by atoms with Crippen LogP contribution in [-0.2, 0) is 19.1 Å². The van der Waals surface area contributed by atoms with E-state index >= 15 is 0 Å². The van der Waals surface area contributed by atoms with Gasteiger partial charge in [0.2, 0.25) is 0 Å². The minimum Gasteiger partial charge on any atom is -0.478 e. The standard InChI is InChI=1S/C11H20O2.C6H15NO3.2C3H4O2/c1-4-11(12)13-9-7-5-6-8-10(2)3;8-4-1-7(2-5-9)3-6-10;2*1-2-3(4)5/h4,10H,1,5-9H2,2-3H3;8-10H,1-6H2;2*2H,1H2,(H,4,5). The zero-order valence-electron chi connectivity index (χ0n) is 20.0. The number of aliphatic carboxylic acids is 2. The Balaban J connectivity index is -0.000000185. The molecule has 0 heterocycles. The molecule has 0 aromatic carbocycles. The zero-order valence-corrected chi connectivity index (χ0v) is 20.0. The van der Waals surface area contributed by atoms with Gasteiger partial charge in [0.05, 0.1) is 26.4 Å². The Bertz CT molecular complexity index is 476. The maximum absolute atomic E-state index is 10.6. The molecule has 10 heteroatoms. The number of ether oxygens (including phenoxy) is 1. The molecule has 0 fully saturated rings. The van der Waals surface area contributed by atoms with Crippen molar-refractivity contribution in [1.82, 2.24) is 4.90 Å². The number of carboxylic acids is 2. The van der Waals surface area contributed by atoms with Crippen LogP contribution in [0.25, 0.3) is 0 Å². The van der Waals surface area contributed by atoms with Gasteiger partial charge in [-0.15, -0.1) is 0 Å². The zero-order chi connectivity index (χ0) is 26.5. The molecule has 0 amide bonds. The number of hydrogen-bond acceptors (Lipinski definition) is 8. The number of unbranched alkanes of at least 4 members (excludes halogenated alkanes) is 2. The summed E-state index contributed by atoms with van der Waals surface area (Å²) in [6.45, 7) is 16.0. The van der Waals surface area contributed by atoms with E-state index in [2.05, 4.69) is 33.6 Å². The molecular weight excluding hydrogens is 434 g/mol. The lowest BCUT2D eigenvalue weighted by molar-refractivity contribution is -0.138. The largest absolute Gasteiger partial charge is 0.478 e. The van der Waals surface area contributed by atoms with E-state index in [4.69, 9.17) is 30.3 Å². The molecule has 0 bridgehead atoms. The fraction of sp³-hybridized carbons (Fsp3) is 0.609. The number of carbonyl (C=O) groups is 3. The van der Waals surface area contributed by atoms with Crippen LogP contribution >= 0.6 is 0 Å². The Morgan fingerprint density at radius 3 is 1.45 bits per heavy atom. The molecule has 0 aliphatic heterocycles. The van der Waals surface area contributed by atoms with Crippen molar-refractivity contribution >= 4 is 17.9 Å². The molecule has 10 nitrogen and oxygen atoms in total. The Labute approximate surface area is 197 Å². The van der Waals surface area contributed by atoms with E-state index in [0.29, 0.717) is 26.2 Å². The second-order valence-corrected chi connectivity index (χ2v) is 6.71. The van der Waals surface area contributed by atoms with Crippen LogP contribution in [-0.4, -0.2) is 94.4 Å². The molecule has 194 valence electrons. The van der Waals surface area contributed by atoms with Crippen molar-refractivity contribution in [3.8, 4) is 0 Å². The number of rotatable bonds is 15. The van der Waals surface area contributed by atoms with E-state index < -0.39 is 11.9 Å². The Morgan fingerprint density at radius 1 is 0.788 bits per heavy atom. The first-order chi connectivity index (χ1) is 15.6. The summed E-state index contributed by atoms with van der Waals surface area (Å²) >= 11 is 0. The highest BCUT2D eigenvalue weighted by Gasteiger charge is 2.00. The SMILES string of the molecule is C=CC(=O)O.C=CC(=O)O.C=CC(=O)OCCCCCC(C)C.OCCN(CCO)CCO. The Kier molecular flexibility index (Phi) is 36.2. The third-order valence-electron chi connectivity index (χ3n) is 3.43. The van der Waals surface area contributed by atoms with Crippen LogP contribution in [0.1, 0.15) is 39.5 Å². The first-order valence-electron chi connectivity index (χ1n) is 10.6. The molecule has 5 N–H and O–H groups in total. The quantitative estimate of drug-likeness (QED) is 0.133. The molecule has 0 aliphatic rings. The highest BCUT2D eigenvalue weighted by Crippen LogP contribution is 2.07. The van der Waals surface area contributed by atoms with Crippen molar-refractivity contribution in [3.63, 3.8) is 0 Å². The van der Waals surface area contributed by atoms with Gasteiger partial charge in [0, 0.05) is 37.9 Å². The monoisotopic (exact) mass is 477 g/mol. The molecule has 0 aromatic heterocycles. The van der Waals surface area contributed by atoms with E-state index in [1.165, 1.54) is 18.9 Å². The minimum absolute atomic E-state index is 0.0694. The topological polar surface area (TPSA) is 165 Å². The average molecular weight is 478 g/mol. The predicted octanol–water partition coefficient (Wildman–Crippen LogP) is 1.71. The van der Waals surface area contributed by atoms with Crippen LogP contribution < -0.4 is 0 Å². The van der Waals surface area contributed by atoms with Crippen LogP contribution in [0.15, 0.2) is 38.0 Å². The molecule has 0 saturated carbocycles. The van der Waals surface area contributed by atoms with E-state index in [9.17, 15) is 14.4 Å².